The van der Waals surface area contributed by atoms with Gasteiger partial charge >= 0.3 is 0 Å². The predicted molar refractivity (Wildman–Crippen MR) is 127 cm³/mol. The van der Waals surface area contributed by atoms with Crippen LogP contribution in [0, 0.1) is 11.3 Å². The fraction of sp³-hybridized carbons (Fsp3) is 0.125. The van der Waals surface area contributed by atoms with Crippen LogP contribution in [0.3, 0.4) is 0 Å². The lowest BCUT2D eigenvalue weighted by Gasteiger charge is -2.15. The van der Waals surface area contributed by atoms with Crippen LogP contribution in [0.1, 0.15) is 22.8 Å². The molecule has 0 saturated heterocycles. The summed E-state index contributed by atoms with van der Waals surface area (Å²) in [5.41, 5.74) is 5.17. The van der Waals surface area contributed by atoms with Crippen LogP contribution in [-0.4, -0.2) is 33.4 Å². The Morgan fingerprint density at radius 2 is 1.66 bits per heavy atom. The number of nitrogens with one attached hydrogen (secondary N) is 3. The number of hydrogen-bond donors (Lipinski definition) is 3. The van der Waals surface area contributed by atoms with E-state index in [4.69, 9.17) is 14.7 Å². The van der Waals surface area contributed by atoms with Crippen molar-refractivity contribution in [2.45, 2.75) is 17.9 Å². The lowest BCUT2D eigenvalue weighted by Crippen LogP contribution is -2.47. The van der Waals surface area contributed by atoms with Crippen molar-refractivity contribution in [2.75, 3.05) is 11.8 Å². The predicted octanol–water partition coefficient (Wildman–Crippen LogP) is 2.60. The van der Waals surface area contributed by atoms with Crippen LogP contribution in [0.2, 0.25) is 0 Å². The number of amides is 2. The number of carbonyl (C=O) groups excluding carboxylic acids is 2. The van der Waals surface area contributed by atoms with E-state index in [1.54, 1.807) is 42.5 Å². The molecule has 1 unspecified atom stereocenters. The molecule has 0 heterocycles. The molecular formula is C24H22N4O6S. The van der Waals surface area contributed by atoms with Gasteiger partial charge in [-0.25, -0.2) is 8.42 Å². The molecule has 3 aromatic rings. The van der Waals surface area contributed by atoms with E-state index in [-0.39, 0.29) is 10.5 Å². The third kappa shape index (κ3) is 6.72. The van der Waals surface area contributed by atoms with E-state index < -0.39 is 27.9 Å². The van der Waals surface area contributed by atoms with Crippen LogP contribution in [0.25, 0.3) is 0 Å². The number of nitriles is 1. The van der Waals surface area contributed by atoms with Crippen molar-refractivity contribution in [1.29, 1.82) is 5.26 Å². The molecule has 3 aromatic carbocycles. The molecule has 0 radical (unpaired) electrons. The van der Waals surface area contributed by atoms with Gasteiger partial charge < -0.3 is 9.47 Å². The van der Waals surface area contributed by atoms with Gasteiger partial charge in [0.05, 0.1) is 23.6 Å². The highest BCUT2D eigenvalue weighted by molar-refractivity contribution is 7.92. The molecule has 0 aliphatic rings. The molecule has 11 heteroatoms. The van der Waals surface area contributed by atoms with Gasteiger partial charge in [-0.2, -0.15) is 5.26 Å². The summed E-state index contributed by atoms with van der Waals surface area (Å²) in [4.78, 5) is 24.6. The number of rotatable bonds is 8. The number of methoxy groups -OCH3 is 1. The highest BCUT2D eigenvalue weighted by Crippen LogP contribution is 2.20. The number of carbonyl (C=O) groups is 2. The highest BCUT2D eigenvalue weighted by Gasteiger charge is 2.19. The van der Waals surface area contributed by atoms with Gasteiger partial charge in [-0.1, -0.05) is 12.1 Å². The van der Waals surface area contributed by atoms with Crippen molar-refractivity contribution in [3.05, 3.63) is 83.9 Å². The Kier molecular flexibility index (Phi) is 7.91. The Balaban J connectivity index is 1.61. The average Bonchev–Trinajstić information content (AvgIpc) is 2.87. The fourth-order valence-electron chi connectivity index (χ4n) is 2.87. The summed E-state index contributed by atoms with van der Waals surface area (Å²) in [7, 11) is -2.47. The Labute approximate surface area is 202 Å². The second-order valence-corrected chi connectivity index (χ2v) is 8.89. The fourth-order valence-corrected chi connectivity index (χ4v) is 3.97. The Morgan fingerprint density at radius 1 is 0.943 bits per heavy atom. The van der Waals surface area contributed by atoms with Crippen molar-refractivity contribution in [3.63, 3.8) is 0 Å². The van der Waals surface area contributed by atoms with E-state index in [0.29, 0.717) is 22.7 Å². The number of hydrazine groups is 1. The van der Waals surface area contributed by atoms with Crippen molar-refractivity contribution in [3.8, 4) is 17.6 Å². The topological polar surface area (TPSA) is 147 Å². The first-order valence-corrected chi connectivity index (χ1v) is 11.7. The number of benzene rings is 3. The van der Waals surface area contributed by atoms with Gasteiger partial charge in [0, 0.05) is 11.3 Å². The first kappa shape index (κ1) is 25.1. The highest BCUT2D eigenvalue weighted by atomic mass is 32.2. The van der Waals surface area contributed by atoms with Gasteiger partial charge in [0.25, 0.3) is 21.8 Å². The molecule has 0 fully saturated rings. The summed E-state index contributed by atoms with van der Waals surface area (Å²) in [6.07, 6.45) is -0.982. The van der Waals surface area contributed by atoms with Crippen molar-refractivity contribution >= 4 is 27.5 Å². The normalized spacial score (nSPS) is 11.5. The van der Waals surface area contributed by atoms with Crippen LogP contribution in [0.15, 0.2) is 77.7 Å². The summed E-state index contributed by atoms with van der Waals surface area (Å²) in [5.74, 6) is -0.478. The zero-order chi connectivity index (χ0) is 25.4. The third-order valence-electron chi connectivity index (χ3n) is 4.69. The van der Waals surface area contributed by atoms with Gasteiger partial charge in [-0.3, -0.25) is 25.2 Å². The van der Waals surface area contributed by atoms with Crippen LogP contribution in [0.4, 0.5) is 5.69 Å². The zero-order valence-corrected chi connectivity index (χ0v) is 19.6. The molecule has 180 valence electrons. The Morgan fingerprint density at radius 3 is 2.34 bits per heavy atom. The molecule has 35 heavy (non-hydrogen) atoms. The van der Waals surface area contributed by atoms with Crippen LogP contribution >= 0.6 is 0 Å². The molecule has 10 nitrogen and oxygen atoms in total. The maximum atomic E-state index is 12.7. The summed E-state index contributed by atoms with van der Waals surface area (Å²) in [5, 5.41) is 8.94. The Hall–Kier alpha value is -4.56. The van der Waals surface area contributed by atoms with Crippen LogP contribution < -0.4 is 25.0 Å². The molecule has 0 spiro atoms. The monoisotopic (exact) mass is 494 g/mol. The number of anilines is 1. The second kappa shape index (κ2) is 11.0. The summed E-state index contributed by atoms with van der Waals surface area (Å²) in [6.45, 7) is 1.47. The molecular weight excluding hydrogens is 472 g/mol. The van der Waals surface area contributed by atoms with E-state index in [9.17, 15) is 18.0 Å². The molecule has 3 N–H and O–H groups in total. The van der Waals surface area contributed by atoms with Crippen molar-refractivity contribution < 1.29 is 27.5 Å². The molecule has 0 bridgehead atoms. The average molecular weight is 495 g/mol. The second-order valence-electron chi connectivity index (χ2n) is 7.20. The van der Waals surface area contributed by atoms with E-state index in [1.807, 2.05) is 6.07 Å². The first-order chi connectivity index (χ1) is 16.7. The summed E-state index contributed by atoms with van der Waals surface area (Å²) >= 11 is 0. The molecule has 0 aliphatic heterocycles. The van der Waals surface area contributed by atoms with Gasteiger partial charge in [0.15, 0.2) is 6.10 Å². The molecule has 0 saturated carbocycles. The lowest BCUT2D eigenvalue weighted by atomic mass is 10.2. The Bertz CT molecular complexity index is 1370. The maximum absolute atomic E-state index is 12.7. The molecule has 2 amide bonds. The molecule has 1 atom stereocenters. The van der Waals surface area contributed by atoms with Gasteiger partial charge in [0.2, 0.25) is 0 Å². The minimum atomic E-state index is -3.98. The minimum absolute atomic E-state index is 0.0122. The minimum Gasteiger partial charge on any atom is -0.497 e. The van der Waals surface area contributed by atoms with E-state index in [1.165, 1.54) is 44.4 Å². The third-order valence-corrected chi connectivity index (χ3v) is 6.07. The van der Waals surface area contributed by atoms with E-state index in [2.05, 4.69) is 15.6 Å². The molecule has 0 aliphatic carbocycles. The number of sulfonamides is 1. The summed E-state index contributed by atoms with van der Waals surface area (Å²) < 4.78 is 38.4. The smallest absolute Gasteiger partial charge is 0.279 e. The van der Waals surface area contributed by atoms with E-state index >= 15 is 0 Å². The lowest BCUT2D eigenvalue weighted by molar-refractivity contribution is -0.128. The molecule has 3 rings (SSSR count). The van der Waals surface area contributed by atoms with Crippen molar-refractivity contribution in [1.82, 2.24) is 10.9 Å². The number of ether oxygens (including phenoxy) is 2. The molecule has 0 aromatic heterocycles. The largest absolute Gasteiger partial charge is 0.497 e. The summed E-state index contributed by atoms with van der Waals surface area (Å²) in [6, 6.07) is 19.9. The first-order valence-electron chi connectivity index (χ1n) is 10.3. The van der Waals surface area contributed by atoms with Crippen LogP contribution in [-0.2, 0) is 14.8 Å². The van der Waals surface area contributed by atoms with Gasteiger partial charge in [-0.15, -0.1) is 0 Å². The van der Waals surface area contributed by atoms with Crippen LogP contribution in [0.5, 0.6) is 11.5 Å². The SMILES string of the molecule is COc1ccc(NS(=O)(=O)c2cccc(C(=O)NNC(=O)C(C)Oc3cccc(C#N)c3)c2)cc1. The van der Waals surface area contributed by atoms with Gasteiger partial charge in [-0.05, 0) is 67.6 Å². The zero-order valence-electron chi connectivity index (χ0n) is 18.8. The number of nitrogens with zero attached hydrogens (tertiary/aromatic N) is 1. The standard InChI is InChI=1S/C24H22N4O6S/c1-16(34-21-7-3-5-17(13-21)15-25)23(29)26-27-24(30)18-6-4-8-22(14-18)35(31,32)28-19-9-11-20(33-2)12-10-19/h3-14,16,28H,1-2H3,(H,26,29)(H,27,30). The maximum Gasteiger partial charge on any atom is 0.279 e. The van der Waals surface area contributed by atoms with E-state index in [0.717, 1.165) is 0 Å². The van der Waals surface area contributed by atoms with Gasteiger partial charge in [0.1, 0.15) is 11.5 Å². The quantitative estimate of drug-likeness (QED) is 0.408. The number of hydrogen-bond acceptors (Lipinski definition) is 7. The van der Waals surface area contributed by atoms with Crippen molar-refractivity contribution in [2.24, 2.45) is 0 Å².